The van der Waals surface area contributed by atoms with E-state index in [1.165, 1.54) is 0 Å². The van der Waals surface area contributed by atoms with Gasteiger partial charge in [0.2, 0.25) is 0 Å². The van der Waals surface area contributed by atoms with E-state index in [2.05, 4.69) is 6.92 Å². The van der Waals surface area contributed by atoms with Crippen LogP contribution in [0.2, 0.25) is 0 Å². The number of hydrogen-bond acceptors (Lipinski definition) is 2. The predicted octanol–water partition coefficient (Wildman–Crippen LogP) is 1.93. The summed E-state index contributed by atoms with van der Waals surface area (Å²) in [5.41, 5.74) is 0. The van der Waals surface area contributed by atoms with Crippen molar-refractivity contribution in [3.05, 3.63) is 0 Å². The van der Waals surface area contributed by atoms with E-state index in [1.807, 2.05) is 6.07 Å². The van der Waals surface area contributed by atoms with Crippen molar-refractivity contribution in [2.75, 3.05) is 13.2 Å². The van der Waals surface area contributed by atoms with Crippen LogP contribution in [0, 0.1) is 11.3 Å². The SMILES string of the molecule is CCCCOCC(Cl)C#N. The molecule has 0 aliphatic carbocycles. The van der Waals surface area contributed by atoms with Gasteiger partial charge in [0.15, 0.2) is 0 Å². The molecule has 2 nitrogen and oxygen atoms in total. The Morgan fingerprint density at radius 1 is 1.70 bits per heavy atom. The summed E-state index contributed by atoms with van der Waals surface area (Å²) < 4.78 is 5.07. The minimum Gasteiger partial charge on any atom is -0.379 e. The Hall–Kier alpha value is -0.260. The average Bonchev–Trinajstić information content (AvgIpc) is 1.98. The maximum atomic E-state index is 8.23. The fourth-order valence-electron chi connectivity index (χ4n) is 0.470. The Labute approximate surface area is 66.7 Å². The van der Waals surface area contributed by atoms with Crippen LogP contribution >= 0.6 is 11.6 Å². The van der Waals surface area contributed by atoms with Crippen molar-refractivity contribution < 1.29 is 4.74 Å². The summed E-state index contributed by atoms with van der Waals surface area (Å²) >= 11 is 5.46. The zero-order valence-electron chi connectivity index (χ0n) is 6.14. The molecule has 0 saturated carbocycles. The van der Waals surface area contributed by atoms with E-state index in [1.54, 1.807) is 0 Å². The highest BCUT2D eigenvalue weighted by atomic mass is 35.5. The van der Waals surface area contributed by atoms with Crippen LogP contribution in [0.3, 0.4) is 0 Å². The summed E-state index contributed by atoms with van der Waals surface area (Å²) in [6, 6.07) is 1.88. The number of rotatable bonds is 5. The molecule has 58 valence electrons. The second-order valence-electron chi connectivity index (χ2n) is 2.03. The number of nitrogens with zero attached hydrogens (tertiary/aromatic N) is 1. The Balaban J connectivity index is 2.98. The van der Waals surface area contributed by atoms with Crippen LogP contribution in [-0.4, -0.2) is 18.6 Å². The van der Waals surface area contributed by atoms with Crippen LogP contribution in [0.4, 0.5) is 0 Å². The number of unbranched alkanes of at least 4 members (excludes halogenated alkanes) is 1. The molecule has 0 aliphatic heterocycles. The summed E-state index contributed by atoms with van der Waals surface area (Å²) in [7, 11) is 0. The highest BCUT2D eigenvalue weighted by molar-refractivity contribution is 6.22. The summed E-state index contributed by atoms with van der Waals surface area (Å²) in [6.45, 7) is 3.14. The van der Waals surface area contributed by atoms with Gasteiger partial charge >= 0.3 is 0 Å². The molecule has 10 heavy (non-hydrogen) atoms. The van der Waals surface area contributed by atoms with Crippen LogP contribution < -0.4 is 0 Å². The Morgan fingerprint density at radius 2 is 2.40 bits per heavy atom. The lowest BCUT2D eigenvalue weighted by Crippen LogP contribution is -2.06. The number of hydrogen-bond donors (Lipinski definition) is 0. The molecule has 1 unspecified atom stereocenters. The molecule has 0 aromatic heterocycles. The van der Waals surface area contributed by atoms with Gasteiger partial charge in [0.05, 0.1) is 12.7 Å². The molecule has 0 amide bonds. The summed E-state index contributed by atoms with van der Waals surface area (Å²) in [4.78, 5) is 0. The maximum Gasteiger partial charge on any atom is 0.143 e. The van der Waals surface area contributed by atoms with E-state index >= 15 is 0 Å². The molecule has 0 aromatic carbocycles. The fourth-order valence-corrected chi connectivity index (χ4v) is 0.560. The van der Waals surface area contributed by atoms with Gasteiger partial charge in [0.25, 0.3) is 0 Å². The Morgan fingerprint density at radius 3 is 2.90 bits per heavy atom. The predicted molar refractivity (Wildman–Crippen MR) is 41.0 cm³/mol. The third-order valence-corrected chi connectivity index (χ3v) is 1.27. The molecule has 0 bridgehead atoms. The lowest BCUT2D eigenvalue weighted by molar-refractivity contribution is 0.138. The van der Waals surface area contributed by atoms with Crippen LogP contribution in [0.5, 0.6) is 0 Å². The Bertz CT molecular complexity index is 111. The number of alkyl halides is 1. The first-order valence-corrected chi connectivity index (χ1v) is 3.86. The third kappa shape index (κ3) is 5.87. The van der Waals surface area contributed by atoms with Crippen molar-refractivity contribution in [1.29, 1.82) is 5.26 Å². The van der Waals surface area contributed by atoms with Crippen LogP contribution in [0.25, 0.3) is 0 Å². The zero-order valence-corrected chi connectivity index (χ0v) is 6.90. The van der Waals surface area contributed by atoms with Crippen molar-refractivity contribution >= 4 is 11.6 Å². The smallest absolute Gasteiger partial charge is 0.143 e. The molecule has 0 saturated heterocycles. The number of halogens is 1. The highest BCUT2D eigenvalue weighted by Gasteiger charge is 1.99. The van der Waals surface area contributed by atoms with Crippen molar-refractivity contribution in [3.8, 4) is 6.07 Å². The second-order valence-corrected chi connectivity index (χ2v) is 2.55. The van der Waals surface area contributed by atoms with Gasteiger partial charge in [-0.1, -0.05) is 13.3 Å². The van der Waals surface area contributed by atoms with Crippen molar-refractivity contribution in [2.24, 2.45) is 0 Å². The van der Waals surface area contributed by atoms with Crippen LogP contribution in [-0.2, 0) is 4.74 Å². The monoisotopic (exact) mass is 161 g/mol. The molecule has 0 aliphatic rings. The fraction of sp³-hybridized carbons (Fsp3) is 0.857. The molecular formula is C7H12ClNO. The van der Waals surface area contributed by atoms with Gasteiger partial charge < -0.3 is 4.74 Å². The lowest BCUT2D eigenvalue weighted by Gasteiger charge is -2.01. The molecule has 1 atom stereocenters. The molecular weight excluding hydrogens is 150 g/mol. The Kier molecular flexibility index (Phi) is 6.68. The van der Waals surface area contributed by atoms with Gasteiger partial charge in [-0.05, 0) is 6.42 Å². The molecule has 0 fully saturated rings. The first kappa shape index (κ1) is 9.74. The first-order chi connectivity index (χ1) is 4.81. The minimum atomic E-state index is -0.489. The van der Waals surface area contributed by atoms with Gasteiger partial charge in [-0.15, -0.1) is 11.6 Å². The van der Waals surface area contributed by atoms with Gasteiger partial charge in [0.1, 0.15) is 5.38 Å². The number of ether oxygens (including phenoxy) is 1. The van der Waals surface area contributed by atoms with Crippen LogP contribution in [0.15, 0.2) is 0 Å². The van der Waals surface area contributed by atoms with Gasteiger partial charge in [0, 0.05) is 6.61 Å². The zero-order chi connectivity index (χ0) is 7.82. The molecule has 0 aromatic rings. The summed E-state index contributed by atoms with van der Waals surface area (Å²) in [6.07, 6.45) is 2.15. The third-order valence-electron chi connectivity index (χ3n) is 1.05. The normalized spacial score (nSPS) is 12.5. The van der Waals surface area contributed by atoms with E-state index in [0.717, 1.165) is 12.8 Å². The maximum absolute atomic E-state index is 8.23. The van der Waals surface area contributed by atoms with Crippen molar-refractivity contribution in [3.63, 3.8) is 0 Å². The highest BCUT2D eigenvalue weighted by Crippen LogP contribution is 1.95. The van der Waals surface area contributed by atoms with Gasteiger partial charge in [-0.25, -0.2) is 0 Å². The van der Waals surface area contributed by atoms with E-state index in [-0.39, 0.29) is 0 Å². The minimum absolute atomic E-state index is 0.345. The summed E-state index contributed by atoms with van der Waals surface area (Å²) in [5, 5.41) is 7.74. The van der Waals surface area contributed by atoms with Crippen LogP contribution in [0.1, 0.15) is 19.8 Å². The van der Waals surface area contributed by atoms with Gasteiger partial charge in [-0.2, -0.15) is 5.26 Å². The molecule has 0 rings (SSSR count). The average molecular weight is 162 g/mol. The molecule has 0 heterocycles. The molecule has 0 N–H and O–H groups in total. The van der Waals surface area contributed by atoms with E-state index < -0.39 is 5.38 Å². The quantitative estimate of drug-likeness (QED) is 0.456. The molecule has 0 spiro atoms. The lowest BCUT2D eigenvalue weighted by atomic mass is 10.4. The van der Waals surface area contributed by atoms with E-state index in [0.29, 0.717) is 13.2 Å². The molecule has 0 radical (unpaired) electrons. The van der Waals surface area contributed by atoms with Crippen molar-refractivity contribution in [1.82, 2.24) is 0 Å². The van der Waals surface area contributed by atoms with Gasteiger partial charge in [-0.3, -0.25) is 0 Å². The topological polar surface area (TPSA) is 33.0 Å². The van der Waals surface area contributed by atoms with Crippen molar-refractivity contribution in [2.45, 2.75) is 25.1 Å². The number of nitriles is 1. The van der Waals surface area contributed by atoms with E-state index in [9.17, 15) is 0 Å². The first-order valence-electron chi connectivity index (χ1n) is 3.42. The van der Waals surface area contributed by atoms with E-state index in [4.69, 9.17) is 21.6 Å². The molecule has 3 heteroatoms. The summed E-state index contributed by atoms with van der Waals surface area (Å²) in [5.74, 6) is 0. The second kappa shape index (κ2) is 6.85. The largest absolute Gasteiger partial charge is 0.379 e. The standard InChI is InChI=1S/C7H12ClNO/c1-2-3-4-10-6-7(8)5-9/h7H,2-4,6H2,1H3.